The molecule has 0 aliphatic carbocycles. The molecule has 0 aromatic heterocycles. The van der Waals surface area contributed by atoms with Crippen molar-refractivity contribution in [3.05, 3.63) is 28.0 Å². The topological polar surface area (TPSA) is 35.5 Å². The molecule has 0 bridgehead atoms. The van der Waals surface area contributed by atoms with E-state index < -0.39 is 10.8 Å². The molecule has 0 saturated carbocycles. The van der Waals surface area contributed by atoms with E-state index in [0.29, 0.717) is 11.5 Å². The van der Waals surface area contributed by atoms with Crippen LogP contribution in [0.2, 0.25) is 0 Å². The first-order valence-electron chi connectivity index (χ1n) is 4.94. The van der Waals surface area contributed by atoms with Gasteiger partial charge < -0.3 is 9.47 Å². The van der Waals surface area contributed by atoms with Crippen LogP contribution in [0.5, 0.6) is 11.5 Å². The predicted molar refractivity (Wildman–Crippen MR) is 75.1 cm³/mol. The number of hydrogen-bond acceptors (Lipinski definition) is 4. The van der Waals surface area contributed by atoms with Gasteiger partial charge in [-0.1, -0.05) is 12.1 Å². The molecule has 0 spiro atoms. The maximum Gasteiger partial charge on any atom is 0.167 e. The van der Waals surface area contributed by atoms with Crippen molar-refractivity contribution >= 4 is 28.6 Å². The summed E-state index contributed by atoms with van der Waals surface area (Å²) in [5, 5.41) is 0. The molecule has 0 aliphatic heterocycles. The van der Waals surface area contributed by atoms with Crippen molar-refractivity contribution in [3.8, 4) is 11.5 Å². The molecule has 5 heteroatoms. The van der Waals surface area contributed by atoms with Crippen LogP contribution < -0.4 is 9.47 Å². The van der Waals surface area contributed by atoms with Crippen molar-refractivity contribution in [2.75, 3.05) is 26.7 Å². The minimum absolute atomic E-state index is 0.659. The van der Waals surface area contributed by atoms with E-state index in [9.17, 15) is 4.21 Å². The van der Waals surface area contributed by atoms with Crippen LogP contribution >= 0.6 is 11.8 Å². The van der Waals surface area contributed by atoms with Gasteiger partial charge in [0.05, 0.1) is 29.3 Å². The van der Waals surface area contributed by atoms with Gasteiger partial charge in [0.2, 0.25) is 0 Å². The van der Waals surface area contributed by atoms with Gasteiger partial charge in [-0.05, 0) is 18.4 Å². The highest BCUT2D eigenvalue weighted by molar-refractivity contribution is 8.16. The van der Waals surface area contributed by atoms with Crippen LogP contribution in [0.15, 0.2) is 22.4 Å². The fourth-order valence-electron chi connectivity index (χ4n) is 1.41. The molecule has 3 nitrogen and oxygen atoms in total. The monoisotopic (exact) mass is 272 g/mol. The molecule has 0 heterocycles. The lowest BCUT2D eigenvalue weighted by Gasteiger charge is -2.10. The molecule has 0 fully saturated rings. The summed E-state index contributed by atoms with van der Waals surface area (Å²) in [6.07, 6.45) is 5.43. The zero-order valence-corrected chi connectivity index (χ0v) is 12.0. The largest absolute Gasteiger partial charge is 0.493 e. The van der Waals surface area contributed by atoms with Crippen LogP contribution in [-0.2, 0) is 10.8 Å². The molecular formula is C12H16O3S2. The summed E-state index contributed by atoms with van der Waals surface area (Å²) in [5.74, 6) is 1.33. The van der Waals surface area contributed by atoms with Crippen molar-refractivity contribution in [1.29, 1.82) is 0 Å². The summed E-state index contributed by atoms with van der Waals surface area (Å²) in [6, 6.07) is 5.62. The number of para-hydroxylation sites is 1. The van der Waals surface area contributed by atoms with Gasteiger partial charge in [0.1, 0.15) is 0 Å². The Morgan fingerprint density at radius 1 is 1.35 bits per heavy atom. The first kappa shape index (κ1) is 14.1. The van der Waals surface area contributed by atoms with E-state index in [4.69, 9.17) is 9.47 Å². The smallest absolute Gasteiger partial charge is 0.167 e. The van der Waals surface area contributed by atoms with Crippen LogP contribution in [0.1, 0.15) is 5.56 Å². The maximum atomic E-state index is 11.5. The quantitative estimate of drug-likeness (QED) is 0.825. The number of rotatable bonds is 5. The second-order valence-electron chi connectivity index (χ2n) is 3.20. The second-order valence-corrected chi connectivity index (χ2v) is 5.66. The molecule has 0 aliphatic rings. The van der Waals surface area contributed by atoms with E-state index in [1.54, 1.807) is 20.5 Å². The van der Waals surface area contributed by atoms with Gasteiger partial charge in [-0.3, -0.25) is 4.21 Å². The third kappa shape index (κ3) is 3.51. The first-order chi connectivity index (χ1) is 8.13. The SMILES string of the molecule is COc1cccc(C=C(SC)S(C)=O)c1OC. The number of benzene rings is 1. The lowest BCUT2D eigenvalue weighted by Crippen LogP contribution is -1.94. The molecule has 1 aromatic carbocycles. The Labute approximate surface area is 109 Å². The summed E-state index contributed by atoms with van der Waals surface area (Å²) in [5.41, 5.74) is 0.867. The van der Waals surface area contributed by atoms with Gasteiger partial charge in [0.25, 0.3) is 0 Å². The van der Waals surface area contributed by atoms with E-state index >= 15 is 0 Å². The molecule has 0 amide bonds. The Bertz CT molecular complexity index is 441. The van der Waals surface area contributed by atoms with Crippen molar-refractivity contribution < 1.29 is 13.7 Å². The van der Waals surface area contributed by atoms with E-state index in [1.807, 2.05) is 30.5 Å². The van der Waals surface area contributed by atoms with Crippen molar-refractivity contribution in [2.45, 2.75) is 0 Å². The highest BCUT2D eigenvalue weighted by Crippen LogP contribution is 2.33. The van der Waals surface area contributed by atoms with E-state index in [2.05, 4.69) is 0 Å². The maximum absolute atomic E-state index is 11.5. The van der Waals surface area contributed by atoms with Crippen LogP contribution in [0.3, 0.4) is 0 Å². The number of methoxy groups -OCH3 is 2. The highest BCUT2D eigenvalue weighted by atomic mass is 32.2. The highest BCUT2D eigenvalue weighted by Gasteiger charge is 2.09. The minimum Gasteiger partial charge on any atom is -0.493 e. The third-order valence-electron chi connectivity index (χ3n) is 2.19. The molecule has 94 valence electrons. The standard InChI is InChI=1S/C12H16O3S2/c1-14-10-7-5-6-9(12(10)15-2)8-11(16-3)17(4)13/h5-8H,1-4H3. The summed E-state index contributed by atoms with van der Waals surface area (Å²) in [6.45, 7) is 0. The Morgan fingerprint density at radius 3 is 2.53 bits per heavy atom. The Balaban J connectivity index is 3.26. The molecular weight excluding hydrogens is 256 g/mol. The van der Waals surface area contributed by atoms with Gasteiger partial charge in [-0.15, -0.1) is 11.8 Å². The fourth-order valence-corrected chi connectivity index (χ4v) is 2.89. The van der Waals surface area contributed by atoms with E-state index in [0.717, 1.165) is 9.80 Å². The van der Waals surface area contributed by atoms with Gasteiger partial charge in [0, 0.05) is 11.8 Å². The van der Waals surface area contributed by atoms with Crippen LogP contribution in [0.4, 0.5) is 0 Å². The van der Waals surface area contributed by atoms with E-state index in [-0.39, 0.29) is 0 Å². The van der Waals surface area contributed by atoms with Crippen LogP contribution in [-0.4, -0.2) is 30.9 Å². The van der Waals surface area contributed by atoms with E-state index in [1.165, 1.54) is 11.8 Å². The molecule has 0 N–H and O–H groups in total. The summed E-state index contributed by atoms with van der Waals surface area (Å²) >= 11 is 1.47. The molecule has 1 rings (SSSR count). The predicted octanol–water partition coefficient (Wildman–Crippen LogP) is 2.74. The number of thioether (sulfide) groups is 1. The minimum atomic E-state index is -0.995. The average molecular weight is 272 g/mol. The van der Waals surface area contributed by atoms with Crippen LogP contribution in [0, 0.1) is 0 Å². The summed E-state index contributed by atoms with van der Waals surface area (Å²) in [4.78, 5) is 0. The van der Waals surface area contributed by atoms with Crippen molar-refractivity contribution in [1.82, 2.24) is 0 Å². The Hall–Kier alpha value is -0.940. The van der Waals surface area contributed by atoms with Gasteiger partial charge in [-0.2, -0.15) is 0 Å². The number of ether oxygens (including phenoxy) is 2. The first-order valence-corrected chi connectivity index (χ1v) is 7.72. The fraction of sp³-hybridized carbons (Fsp3) is 0.333. The molecule has 1 aromatic rings. The zero-order chi connectivity index (χ0) is 12.8. The van der Waals surface area contributed by atoms with Gasteiger partial charge in [0.15, 0.2) is 11.5 Å². The lowest BCUT2D eigenvalue weighted by atomic mass is 10.2. The Kier molecular flexibility index (Phi) is 5.58. The zero-order valence-electron chi connectivity index (χ0n) is 10.4. The summed E-state index contributed by atoms with van der Waals surface area (Å²) < 4.78 is 22.8. The number of hydrogen-bond donors (Lipinski definition) is 0. The second kappa shape index (κ2) is 6.71. The summed E-state index contributed by atoms with van der Waals surface area (Å²) in [7, 11) is 2.20. The Morgan fingerprint density at radius 2 is 2.06 bits per heavy atom. The molecule has 17 heavy (non-hydrogen) atoms. The van der Waals surface area contributed by atoms with Gasteiger partial charge in [-0.25, -0.2) is 0 Å². The van der Waals surface area contributed by atoms with Crippen LogP contribution in [0.25, 0.3) is 6.08 Å². The molecule has 1 atom stereocenters. The molecule has 0 radical (unpaired) electrons. The van der Waals surface area contributed by atoms with Crippen molar-refractivity contribution in [2.24, 2.45) is 0 Å². The normalized spacial score (nSPS) is 13.3. The molecule has 0 saturated heterocycles. The third-order valence-corrected chi connectivity index (χ3v) is 4.60. The lowest BCUT2D eigenvalue weighted by molar-refractivity contribution is 0.354. The molecule has 1 unspecified atom stereocenters. The average Bonchev–Trinajstić information content (AvgIpc) is 2.34. The van der Waals surface area contributed by atoms with Gasteiger partial charge >= 0.3 is 0 Å². The van der Waals surface area contributed by atoms with Crippen molar-refractivity contribution in [3.63, 3.8) is 0 Å².